The number of hydrogen-bond donors (Lipinski definition) is 2. The molecule has 150 valence electrons. The number of hydrogen-bond acceptors (Lipinski definition) is 4. The summed E-state index contributed by atoms with van der Waals surface area (Å²) in [7, 11) is 0. The predicted octanol–water partition coefficient (Wildman–Crippen LogP) is 2.83. The Hall–Kier alpha value is -2.83. The average molecular weight is 384 g/mol. The smallest absolute Gasteiger partial charge is 0.275 e. The molecule has 0 bridgehead atoms. The zero-order chi connectivity index (χ0) is 20.3. The van der Waals surface area contributed by atoms with E-state index in [4.69, 9.17) is 0 Å². The van der Waals surface area contributed by atoms with Gasteiger partial charge in [0, 0.05) is 25.6 Å². The molecule has 1 fully saturated rings. The molecule has 0 radical (unpaired) electrons. The van der Waals surface area contributed by atoms with Gasteiger partial charge in [0.2, 0.25) is 5.91 Å². The number of amides is 2. The van der Waals surface area contributed by atoms with Crippen molar-refractivity contribution in [3.8, 4) is 11.4 Å². The Labute approximate surface area is 165 Å². The Morgan fingerprint density at radius 3 is 2.57 bits per heavy atom. The SMILES string of the molecule is CC(C)c1ccc(-n2cc(O)c(C(=O)NCC(C)N3CCCCC3=O)n2)cc1. The van der Waals surface area contributed by atoms with E-state index in [9.17, 15) is 14.7 Å². The molecule has 1 saturated heterocycles. The Balaban J connectivity index is 1.65. The quantitative estimate of drug-likeness (QED) is 0.802. The van der Waals surface area contributed by atoms with Gasteiger partial charge in [-0.1, -0.05) is 26.0 Å². The summed E-state index contributed by atoms with van der Waals surface area (Å²) in [5, 5.41) is 17.2. The van der Waals surface area contributed by atoms with Crippen LogP contribution in [0.1, 0.15) is 62.0 Å². The topological polar surface area (TPSA) is 87.5 Å². The van der Waals surface area contributed by atoms with Crippen LogP contribution >= 0.6 is 0 Å². The lowest BCUT2D eigenvalue weighted by Gasteiger charge is -2.32. The van der Waals surface area contributed by atoms with Crippen LogP contribution in [0.5, 0.6) is 5.75 Å². The summed E-state index contributed by atoms with van der Waals surface area (Å²) in [6.07, 6.45) is 3.92. The van der Waals surface area contributed by atoms with Crippen LogP contribution in [-0.4, -0.2) is 50.7 Å². The van der Waals surface area contributed by atoms with Gasteiger partial charge in [-0.05, 0) is 43.4 Å². The Morgan fingerprint density at radius 2 is 1.93 bits per heavy atom. The van der Waals surface area contributed by atoms with Crippen LogP contribution in [0.15, 0.2) is 30.5 Å². The second-order valence-electron chi connectivity index (χ2n) is 7.66. The van der Waals surface area contributed by atoms with Crippen LogP contribution in [0.25, 0.3) is 5.69 Å². The van der Waals surface area contributed by atoms with Crippen molar-refractivity contribution in [2.24, 2.45) is 0 Å². The lowest BCUT2D eigenvalue weighted by atomic mass is 10.0. The van der Waals surface area contributed by atoms with E-state index in [1.54, 1.807) is 4.90 Å². The summed E-state index contributed by atoms with van der Waals surface area (Å²) in [6.45, 7) is 7.20. The van der Waals surface area contributed by atoms with E-state index < -0.39 is 5.91 Å². The first kappa shape index (κ1) is 19.9. The molecule has 2 N–H and O–H groups in total. The number of benzene rings is 1. The molecule has 1 aromatic carbocycles. The molecule has 2 aromatic rings. The van der Waals surface area contributed by atoms with Crippen molar-refractivity contribution >= 4 is 11.8 Å². The maximum Gasteiger partial charge on any atom is 0.275 e. The number of rotatable bonds is 6. The number of nitrogens with one attached hydrogen (secondary N) is 1. The van der Waals surface area contributed by atoms with E-state index in [1.807, 2.05) is 31.2 Å². The molecule has 1 aliphatic heterocycles. The third-order valence-electron chi connectivity index (χ3n) is 5.18. The molecule has 28 heavy (non-hydrogen) atoms. The maximum atomic E-state index is 12.5. The summed E-state index contributed by atoms with van der Waals surface area (Å²) < 4.78 is 1.49. The Morgan fingerprint density at radius 1 is 1.21 bits per heavy atom. The zero-order valence-electron chi connectivity index (χ0n) is 16.7. The highest BCUT2D eigenvalue weighted by Crippen LogP contribution is 2.21. The van der Waals surface area contributed by atoms with Gasteiger partial charge < -0.3 is 15.3 Å². The zero-order valence-corrected chi connectivity index (χ0v) is 16.7. The third kappa shape index (κ3) is 4.35. The maximum absolute atomic E-state index is 12.5. The summed E-state index contributed by atoms with van der Waals surface area (Å²) >= 11 is 0. The van der Waals surface area contributed by atoms with E-state index in [2.05, 4.69) is 24.3 Å². The minimum atomic E-state index is -0.452. The van der Waals surface area contributed by atoms with E-state index in [-0.39, 0.29) is 23.4 Å². The molecular formula is C21H28N4O3. The second-order valence-corrected chi connectivity index (χ2v) is 7.66. The molecule has 0 aliphatic carbocycles. The van der Waals surface area contributed by atoms with Crippen LogP contribution in [0.2, 0.25) is 0 Å². The van der Waals surface area contributed by atoms with Crippen LogP contribution in [0.4, 0.5) is 0 Å². The molecular weight excluding hydrogens is 356 g/mol. The van der Waals surface area contributed by atoms with E-state index in [1.165, 1.54) is 16.4 Å². The number of piperidine rings is 1. The van der Waals surface area contributed by atoms with Crippen molar-refractivity contribution in [2.45, 2.75) is 52.0 Å². The molecule has 3 rings (SSSR count). The van der Waals surface area contributed by atoms with Crippen molar-refractivity contribution in [1.29, 1.82) is 0 Å². The van der Waals surface area contributed by atoms with Gasteiger partial charge in [0.05, 0.1) is 11.9 Å². The van der Waals surface area contributed by atoms with Gasteiger partial charge in [0.15, 0.2) is 11.4 Å². The number of carbonyl (C=O) groups is 2. The molecule has 0 spiro atoms. The number of carbonyl (C=O) groups excluding carboxylic acids is 2. The fraction of sp³-hybridized carbons (Fsp3) is 0.476. The standard InChI is InChI=1S/C21H28N4O3/c1-14(2)16-7-9-17(10-8-16)25-13-18(26)20(23-25)21(28)22-12-15(3)24-11-5-4-6-19(24)27/h7-10,13-15,26H,4-6,11-12H2,1-3H3,(H,22,28). The summed E-state index contributed by atoms with van der Waals surface area (Å²) in [5.74, 6) is -0.0707. The van der Waals surface area contributed by atoms with Crippen molar-refractivity contribution in [2.75, 3.05) is 13.1 Å². The molecule has 0 saturated carbocycles. The largest absolute Gasteiger partial charge is 0.504 e. The van der Waals surface area contributed by atoms with Crippen LogP contribution in [0, 0.1) is 0 Å². The minimum absolute atomic E-state index is 0.0230. The monoisotopic (exact) mass is 384 g/mol. The Bertz CT molecular complexity index is 842. The summed E-state index contributed by atoms with van der Waals surface area (Å²) in [4.78, 5) is 26.3. The molecule has 7 nitrogen and oxygen atoms in total. The lowest BCUT2D eigenvalue weighted by Crippen LogP contribution is -2.47. The van der Waals surface area contributed by atoms with Gasteiger partial charge in [-0.3, -0.25) is 9.59 Å². The fourth-order valence-electron chi connectivity index (χ4n) is 3.40. The van der Waals surface area contributed by atoms with Gasteiger partial charge in [-0.15, -0.1) is 0 Å². The minimum Gasteiger partial charge on any atom is -0.504 e. The number of nitrogens with zero attached hydrogens (tertiary/aromatic N) is 3. The highest BCUT2D eigenvalue weighted by molar-refractivity contribution is 5.94. The lowest BCUT2D eigenvalue weighted by molar-refractivity contribution is -0.135. The van der Waals surface area contributed by atoms with E-state index >= 15 is 0 Å². The first-order valence-corrected chi connectivity index (χ1v) is 9.83. The number of likely N-dealkylation sites (tertiary alicyclic amines) is 1. The summed E-state index contributed by atoms with van der Waals surface area (Å²) in [5.41, 5.74) is 1.95. The van der Waals surface area contributed by atoms with Crippen molar-refractivity contribution < 1.29 is 14.7 Å². The van der Waals surface area contributed by atoms with Crippen molar-refractivity contribution in [3.63, 3.8) is 0 Å². The molecule has 1 unspecified atom stereocenters. The molecule has 2 amide bonds. The fourth-order valence-corrected chi connectivity index (χ4v) is 3.40. The van der Waals surface area contributed by atoms with Gasteiger partial charge in [0.25, 0.3) is 5.91 Å². The highest BCUT2D eigenvalue weighted by atomic mass is 16.3. The van der Waals surface area contributed by atoms with Crippen LogP contribution < -0.4 is 5.32 Å². The number of aromatic hydroxyl groups is 1. The van der Waals surface area contributed by atoms with Crippen molar-refractivity contribution in [3.05, 3.63) is 41.7 Å². The third-order valence-corrected chi connectivity index (χ3v) is 5.18. The van der Waals surface area contributed by atoms with Gasteiger partial charge in [-0.2, -0.15) is 5.10 Å². The Kier molecular flexibility index (Phi) is 6.02. The molecule has 2 heterocycles. The predicted molar refractivity (Wildman–Crippen MR) is 107 cm³/mol. The van der Waals surface area contributed by atoms with Crippen LogP contribution in [0.3, 0.4) is 0 Å². The molecule has 7 heteroatoms. The first-order chi connectivity index (χ1) is 13.4. The number of aromatic nitrogens is 2. The molecule has 1 aromatic heterocycles. The van der Waals surface area contributed by atoms with Crippen molar-refractivity contribution in [1.82, 2.24) is 20.0 Å². The van der Waals surface area contributed by atoms with E-state index in [0.717, 1.165) is 25.1 Å². The highest BCUT2D eigenvalue weighted by Gasteiger charge is 2.24. The van der Waals surface area contributed by atoms with Crippen LogP contribution in [-0.2, 0) is 4.79 Å². The van der Waals surface area contributed by atoms with Gasteiger partial charge in [-0.25, -0.2) is 4.68 Å². The van der Waals surface area contributed by atoms with Gasteiger partial charge in [0.1, 0.15) is 0 Å². The molecule has 1 atom stereocenters. The second kappa shape index (κ2) is 8.46. The van der Waals surface area contributed by atoms with E-state index in [0.29, 0.717) is 18.9 Å². The van der Waals surface area contributed by atoms with Gasteiger partial charge >= 0.3 is 0 Å². The normalized spacial score (nSPS) is 15.7. The average Bonchev–Trinajstić information content (AvgIpc) is 3.08. The first-order valence-electron chi connectivity index (χ1n) is 9.83. The molecule has 1 aliphatic rings. The summed E-state index contributed by atoms with van der Waals surface area (Å²) in [6, 6.07) is 7.75.